The molecule has 0 aliphatic carbocycles. The molecule has 0 N–H and O–H groups in total. The standard InChI is InChI=1S/C15H14ClN3O2/c1-9-14(21-10(2)20)15(18(3)17-9)19-7-6-11-8-12(16)4-5-13(11)19/h4-8H,1-3H3. The summed E-state index contributed by atoms with van der Waals surface area (Å²) in [5, 5.41) is 6.03. The van der Waals surface area contributed by atoms with Gasteiger partial charge < -0.3 is 4.74 Å². The van der Waals surface area contributed by atoms with E-state index in [4.69, 9.17) is 16.3 Å². The molecule has 0 unspecified atom stereocenters. The topological polar surface area (TPSA) is 49.0 Å². The third kappa shape index (κ3) is 2.29. The lowest BCUT2D eigenvalue weighted by Crippen LogP contribution is -2.07. The Hall–Kier alpha value is -2.27. The highest BCUT2D eigenvalue weighted by molar-refractivity contribution is 6.31. The minimum Gasteiger partial charge on any atom is -0.421 e. The maximum absolute atomic E-state index is 11.3. The van der Waals surface area contributed by atoms with E-state index < -0.39 is 0 Å². The zero-order valence-electron chi connectivity index (χ0n) is 11.9. The van der Waals surface area contributed by atoms with Crippen molar-refractivity contribution >= 4 is 28.5 Å². The van der Waals surface area contributed by atoms with Crippen molar-refractivity contribution < 1.29 is 9.53 Å². The van der Waals surface area contributed by atoms with Gasteiger partial charge in [0.2, 0.25) is 0 Å². The fraction of sp³-hybridized carbons (Fsp3) is 0.200. The van der Waals surface area contributed by atoms with Crippen molar-refractivity contribution in [3.63, 3.8) is 0 Å². The van der Waals surface area contributed by atoms with Gasteiger partial charge in [-0.3, -0.25) is 9.36 Å². The number of esters is 1. The van der Waals surface area contributed by atoms with Crippen LogP contribution in [0.25, 0.3) is 16.7 Å². The molecule has 0 amide bonds. The van der Waals surface area contributed by atoms with Gasteiger partial charge in [-0.2, -0.15) is 5.10 Å². The molecule has 0 aliphatic heterocycles. The van der Waals surface area contributed by atoms with Gasteiger partial charge in [-0.05, 0) is 31.2 Å². The molecule has 0 fully saturated rings. The molecule has 5 nitrogen and oxygen atoms in total. The second kappa shape index (κ2) is 4.93. The molecule has 3 rings (SSSR count). The summed E-state index contributed by atoms with van der Waals surface area (Å²) in [6.45, 7) is 3.19. The molecular weight excluding hydrogens is 290 g/mol. The summed E-state index contributed by atoms with van der Waals surface area (Å²) in [6.07, 6.45) is 1.91. The average molecular weight is 304 g/mol. The third-order valence-corrected chi connectivity index (χ3v) is 3.50. The normalized spacial score (nSPS) is 11.0. The highest BCUT2D eigenvalue weighted by Crippen LogP contribution is 2.31. The van der Waals surface area contributed by atoms with Gasteiger partial charge in [0.25, 0.3) is 0 Å². The number of aromatic nitrogens is 3. The number of carbonyl (C=O) groups is 1. The Morgan fingerprint density at radius 3 is 2.81 bits per heavy atom. The highest BCUT2D eigenvalue weighted by atomic mass is 35.5. The van der Waals surface area contributed by atoms with Crippen molar-refractivity contribution in [3.05, 3.63) is 41.2 Å². The maximum atomic E-state index is 11.3. The zero-order valence-corrected chi connectivity index (χ0v) is 12.7. The van der Waals surface area contributed by atoms with Crippen molar-refractivity contribution in [2.75, 3.05) is 0 Å². The Bertz CT molecular complexity index is 848. The molecule has 0 atom stereocenters. The lowest BCUT2D eigenvalue weighted by molar-refractivity contribution is -0.131. The summed E-state index contributed by atoms with van der Waals surface area (Å²) < 4.78 is 8.95. The lowest BCUT2D eigenvalue weighted by atomic mass is 10.2. The number of hydrogen-bond acceptors (Lipinski definition) is 3. The number of nitrogens with zero attached hydrogens (tertiary/aromatic N) is 3. The third-order valence-electron chi connectivity index (χ3n) is 3.26. The number of ether oxygens (including phenoxy) is 1. The van der Waals surface area contributed by atoms with Gasteiger partial charge in [0, 0.05) is 30.6 Å². The van der Waals surface area contributed by atoms with E-state index in [0.717, 1.165) is 10.9 Å². The number of rotatable bonds is 2. The molecule has 6 heteroatoms. The Kier molecular flexibility index (Phi) is 3.22. The number of hydrogen-bond donors (Lipinski definition) is 0. The molecule has 2 heterocycles. The smallest absolute Gasteiger partial charge is 0.308 e. The van der Waals surface area contributed by atoms with Crippen LogP contribution in [0.15, 0.2) is 30.5 Å². The van der Waals surface area contributed by atoms with Crippen LogP contribution >= 0.6 is 11.6 Å². The first-order chi connectivity index (χ1) is 9.97. The van der Waals surface area contributed by atoms with Crippen LogP contribution in [0.4, 0.5) is 0 Å². The molecule has 108 valence electrons. The Labute approximate surface area is 126 Å². The van der Waals surface area contributed by atoms with Gasteiger partial charge in [0.15, 0.2) is 11.6 Å². The van der Waals surface area contributed by atoms with Gasteiger partial charge >= 0.3 is 5.97 Å². The van der Waals surface area contributed by atoms with Gasteiger partial charge in [-0.1, -0.05) is 11.6 Å². The number of halogens is 1. The van der Waals surface area contributed by atoms with E-state index in [9.17, 15) is 4.79 Å². The monoisotopic (exact) mass is 303 g/mol. The van der Waals surface area contributed by atoms with E-state index in [1.165, 1.54) is 6.92 Å². The van der Waals surface area contributed by atoms with Gasteiger partial charge in [0.1, 0.15) is 5.69 Å². The lowest BCUT2D eigenvalue weighted by Gasteiger charge is -2.09. The molecule has 0 radical (unpaired) electrons. The van der Waals surface area contributed by atoms with Crippen LogP contribution in [0.3, 0.4) is 0 Å². The van der Waals surface area contributed by atoms with Crippen molar-refractivity contribution in [3.8, 4) is 11.6 Å². The molecule has 21 heavy (non-hydrogen) atoms. The Balaban J connectivity index is 2.25. The summed E-state index contributed by atoms with van der Waals surface area (Å²) in [6, 6.07) is 7.61. The van der Waals surface area contributed by atoms with Crippen LogP contribution in [-0.2, 0) is 11.8 Å². The van der Waals surface area contributed by atoms with E-state index in [-0.39, 0.29) is 5.97 Å². The van der Waals surface area contributed by atoms with E-state index in [2.05, 4.69) is 5.10 Å². The minimum atomic E-state index is -0.369. The number of fused-ring (bicyclic) bond motifs is 1. The summed E-state index contributed by atoms with van der Waals surface area (Å²) >= 11 is 6.01. The van der Waals surface area contributed by atoms with Crippen LogP contribution in [0.1, 0.15) is 12.6 Å². The fourth-order valence-corrected chi connectivity index (χ4v) is 2.63. The predicted octanol–water partition coefficient (Wildman–Crippen LogP) is 3.25. The molecule has 3 aromatic rings. The van der Waals surface area contributed by atoms with E-state index in [1.54, 1.807) is 4.68 Å². The summed E-state index contributed by atoms with van der Waals surface area (Å²) in [4.78, 5) is 11.3. The molecule has 0 aliphatic rings. The van der Waals surface area contributed by atoms with Crippen molar-refractivity contribution in [1.29, 1.82) is 0 Å². The maximum Gasteiger partial charge on any atom is 0.308 e. The van der Waals surface area contributed by atoms with E-state index >= 15 is 0 Å². The Morgan fingerprint density at radius 1 is 1.33 bits per heavy atom. The molecular formula is C15H14ClN3O2. The van der Waals surface area contributed by atoms with E-state index in [0.29, 0.717) is 22.3 Å². The summed E-state index contributed by atoms with van der Waals surface area (Å²) in [7, 11) is 1.82. The highest BCUT2D eigenvalue weighted by Gasteiger charge is 2.19. The fourth-order valence-electron chi connectivity index (χ4n) is 2.45. The number of aryl methyl sites for hydroxylation is 2. The second-order valence-electron chi connectivity index (χ2n) is 4.84. The van der Waals surface area contributed by atoms with Gasteiger partial charge in [0.05, 0.1) is 5.52 Å². The van der Waals surface area contributed by atoms with Crippen LogP contribution < -0.4 is 4.74 Å². The minimum absolute atomic E-state index is 0.369. The average Bonchev–Trinajstić information content (AvgIpc) is 2.90. The Morgan fingerprint density at radius 2 is 2.10 bits per heavy atom. The first-order valence-corrected chi connectivity index (χ1v) is 6.84. The number of carbonyl (C=O) groups excluding carboxylic acids is 1. The molecule has 0 spiro atoms. The van der Waals surface area contributed by atoms with Gasteiger partial charge in [-0.15, -0.1) is 0 Å². The number of benzene rings is 1. The quantitative estimate of drug-likeness (QED) is 0.683. The SMILES string of the molecule is CC(=O)Oc1c(C)nn(C)c1-n1ccc2cc(Cl)ccc21. The van der Waals surface area contributed by atoms with Crippen LogP contribution in [0.5, 0.6) is 5.75 Å². The summed E-state index contributed by atoms with van der Waals surface area (Å²) in [5.41, 5.74) is 1.63. The van der Waals surface area contributed by atoms with Crippen LogP contribution in [0.2, 0.25) is 5.02 Å². The van der Waals surface area contributed by atoms with Crippen LogP contribution in [0, 0.1) is 6.92 Å². The second-order valence-corrected chi connectivity index (χ2v) is 5.28. The first kappa shape index (κ1) is 13.7. The predicted molar refractivity (Wildman–Crippen MR) is 81.1 cm³/mol. The summed E-state index contributed by atoms with van der Waals surface area (Å²) in [5.74, 6) is 0.810. The van der Waals surface area contributed by atoms with Gasteiger partial charge in [-0.25, -0.2) is 4.68 Å². The van der Waals surface area contributed by atoms with E-state index in [1.807, 2.05) is 49.0 Å². The molecule has 0 saturated heterocycles. The van der Waals surface area contributed by atoms with Crippen molar-refractivity contribution in [2.45, 2.75) is 13.8 Å². The van der Waals surface area contributed by atoms with Crippen LogP contribution in [-0.4, -0.2) is 20.3 Å². The largest absolute Gasteiger partial charge is 0.421 e. The zero-order chi connectivity index (χ0) is 15.1. The molecule has 0 saturated carbocycles. The van der Waals surface area contributed by atoms with Crippen molar-refractivity contribution in [2.24, 2.45) is 7.05 Å². The molecule has 1 aromatic carbocycles. The molecule has 0 bridgehead atoms. The molecule has 2 aromatic heterocycles. The first-order valence-electron chi connectivity index (χ1n) is 6.46. The van der Waals surface area contributed by atoms with Crippen molar-refractivity contribution in [1.82, 2.24) is 14.3 Å².